The van der Waals surface area contributed by atoms with E-state index in [4.69, 9.17) is 23.7 Å². The fraction of sp³-hybridized carbons (Fsp3) is 0.724. The number of aliphatic hydroxyl groups is 1. The standard InChI is InChI=1S/C29H49N3O8/c1-29(2,3)40-28(35)30-12-8-13-31-14-9-15-32(18-17-31)16-11-23(10-7-19-33)39-27(34)22-20-24(36-4)26(38-6)25(21-22)37-5/h20-21,23,33H,7-19H2,1-6H3,(H,30,35)/t23-/m1/s1. The van der Waals surface area contributed by atoms with Crippen molar-refractivity contribution < 1.29 is 38.4 Å². The lowest BCUT2D eigenvalue weighted by atomic mass is 10.1. The summed E-state index contributed by atoms with van der Waals surface area (Å²) in [7, 11) is 4.51. The van der Waals surface area contributed by atoms with Crippen LogP contribution in [0, 0.1) is 0 Å². The Bertz CT molecular complexity index is 896. The first kappa shape index (κ1) is 33.4. The highest BCUT2D eigenvalue weighted by Gasteiger charge is 2.23. The van der Waals surface area contributed by atoms with Crippen LogP contribution in [-0.2, 0) is 9.47 Å². The highest BCUT2D eigenvalue weighted by atomic mass is 16.6. The highest BCUT2D eigenvalue weighted by Crippen LogP contribution is 2.38. The van der Waals surface area contributed by atoms with Crippen molar-refractivity contribution in [3.05, 3.63) is 17.7 Å². The van der Waals surface area contributed by atoms with Crippen molar-refractivity contribution in [3.8, 4) is 17.2 Å². The van der Waals surface area contributed by atoms with Crippen LogP contribution >= 0.6 is 0 Å². The van der Waals surface area contributed by atoms with E-state index in [2.05, 4.69) is 15.1 Å². The number of methoxy groups -OCH3 is 3. The number of nitrogens with zero attached hydrogens (tertiary/aromatic N) is 2. The Morgan fingerprint density at radius 2 is 1.55 bits per heavy atom. The van der Waals surface area contributed by atoms with Gasteiger partial charge in [-0.05, 0) is 84.6 Å². The Labute approximate surface area is 239 Å². The molecule has 0 saturated carbocycles. The predicted molar refractivity (Wildman–Crippen MR) is 153 cm³/mol. The highest BCUT2D eigenvalue weighted by molar-refractivity contribution is 5.91. The molecule has 0 bridgehead atoms. The molecule has 1 aromatic rings. The smallest absolute Gasteiger partial charge is 0.407 e. The van der Waals surface area contributed by atoms with Crippen LogP contribution in [0.3, 0.4) is 0 Å². The minimum atomic E-state index is -0.496. The van der Waals surface area contributed by atoms with E-state index in [0.29, 0.717) is 48.6 Å². The van der Waals surface area contributed by atoms with Crippen molar-refractivity contribution in [3.63, 3.8) is 0 Å². The van der Waals surface area contributed by atoms with Gasteiger partial charge in [0, 0.05) is 32.8 Å². The summed E-state index contributed by atoms with van der Waals surface area (Å²) < 4.78 is 27.2. The fourth-order valence-corrected chi connectivity index (χ4v) is 4.60. The van der Waals surface area contributed by atoms with Gasteiger partial charge in [0.15, 0.2) is 11.5 Å². The number of carbonyl (C=O) groups is 2. The molecule has 11 heteroatoms. The van der Waals surface area contributed by atoms with Gasteiger partial charge in [-0.3, -0.25) is 0 Å². The number of nitrogens with one attached hydrogen (secondary N) is 1. The number of hydrogen-bond donors (Lipinski definition) is 2. The molecule has 2 rings (SSSR count). The van der Waals surface area contributed by atoms with E-state index in [1.54, 1.807) is 12.1 Å². The van der Waals surface area contributed by atoms with Crippen molar-refractivity contribution in [2.24, 2.45) is 0 Å². The van der Waals surface area contributed by atoms with Gasteiger partial charge in [-0.1, -0.05) is 0 Å². The van der Waals surface area contributed by atoms with Crippen molar-refractivity contribution in [2.45, 2.75) is 64.6 Å². The molecule has 1 aromatic carbocycles. The number of alkyl carbamates (subject to hydrolysis) is 1. The molecule has 0 aromatic heterocycles. The van der Waals surface area contributed by atoms with E-state index >= 15 is 0 Å². The average Bonchev–Trinajstić information content (AvgIpc) is 3.15. The summed E-state index contributed by atoms with van der Waals surface area (Å²) in [5, 5.41) is 12.2. The molecule has 228 valence electrons. The van der Waals surface area contributed by atoms with Gasteiger partial charge in [0.05, 0.1) is 26.9 Å². The van der Waals surface area contributed by atoms with Gasteiger partial charge >= 0.3 is 12.1 Å². The van der Waals surface area contributed by atoms with E-state index in [0.717, 1.165) is 52.1 Å². The minimum Gasteiger partial charge on any atom is -0.493 e. The molecule has 1 amide bonds. The first-order valence-corrected chi connectivity index (χ1v) is 14.1. The Morgan fingerprint density at radius 1 is 0.925 bits per heavy atom. The summed E-state index contributed by atoms with van der Waals surface area (Å²) in [5.41, 5.74) is -0.181. The zero-order chi connectivity index (χ0) is 29.5. The van der Waals surface area contributed by atoms with Crippen LogP contribution in [0.15, 0.2) is 12.1 Å². The van der Waals surface area contributed by atoms with Crippen molar-refractivity contribution >= 4 is 12.1 Å². The molecule has 1 heterocycles. The topological polar surface area (TPSA) is 119 Å². The van der Waals surface area contributed by atoms with Crippen molar-refractivity contribution in [1.29, 1.82) is 0 Å². The Kier molecular flexibility index (Phi) is 14.3. The maximum Gasteiger partial charge on any atom is 0.407 e. The second-order valence-corrected chi connectivity index (χ2v) is 10.9. The lowest BCUT2D eigenvalue weighted by Gasteiger charge is -2.25. The first-order chi connectivity index (χ1) is 19.1. The zero-order valence-electron chi connectivity index (χ0n) is 25.1. The Hall–Kier alpha value is -2.76. The molecule has 0 aliphatic carbocycles. The largest absolute Gasteiger partial charge is 0.493 e. The monoisotopic (exact) mass is 567 g/mol. The van der Waals surface area contributed by atoms with Crippen LogP contribution in [0.4, 0.5) is 4.79 Å². The zero-order valence-corrected chi connectivity index (χ0v) is 25.1. The lowest BCUT2D eigenvalue weighted by Crippen LogP contribution is -2.36. The molecule has 11 nitrogen and oxygen atoms in total. The molecule has 1 aliphatic heterocycles. The second-order valence-electron chi connectivity index (χ2n) is 10.9. The lowest BCUT2D eigenvalue weighted by molar-refractivity contribution is 0.0218. The molecule has 1 aliphatic rings. The summed E-state index contributed by atoms with van der Waals surface area (Å²) in [6, 6.07) is 3.17. The third-order valence-corrected chi connectivity index (χ3v) is 6.63. The van der Waals surface area contributed by atoms with Crippen LogP contribution in [0.2, 0.25) is 0 Å². The van der Waals surface area contributed by atoms with Crippen LogP contribution in [0.5, 0.6) is 17.2 Å². The summed E-state index contributed by atoms with van der Waals surface area (Å²) >= 11 is 0. The van der Waals surface area contributed by atoms with Crippen LogP contribution in [0.1, 0.15) is 63.2 Å². The van der Waals surface area contributed by atoms with Gasteiger partial charge in [0.2, 0.25) is 5.75 Å². The van der Waals surface area contributed by atoms with Crippen molar-refractivity contribution in [1.82, 2.24) is 15.1 Å². The number of aliphatic hydroxyl groups excluding tert-OH is 1. The van der Waals surface area contributed by atoms with Crippen molar-refractivity contribution in [2.75, 3.05) is 73.7 Å². The van der Waals surface area contributed by atoms with Gasteiger partial charge in [-0.15, -0.1) is 0 Å². The molecule has 0 unspecified atom stereocenters. The van der Waals surface area contributed by atoms with Crippen LogP contribution < -0.4 is 19.5 Å². The number of amides is 1. The molecule has 40 heavy (non-hydrogen) atoms. The third kappa shape index (κ3) is 11.8. The Morgan fingerprint density at radius 3 is 2.10 bits per heavy atom. The van der Waals surface area contributed by atoms with E-state index < -0.39 is 11.6 Å². The number of benzene rings is 1. The third-order valence-electron chi connectivity index (χ3n) is 6.63. The van der Waals surface area contributed by atoms with Crippen LogP contribution in [0.25, 0.3) is 0 Å². The van der Waals surface area contributed by atoms with E-state index in [9.17, 15) is 14.7 Å². The average molecular weight is 568 g/mol. The molecule has 1 fully saturated rings. The quantitative estimate of drug-likeness (QED) is 0.241. The summed E-state index contributed by atoms with van der Waals surface area (Å²) in [6.45, 7) is 11.7. The summed E-state index contributed by atoms with van der Waals surface area (Å²) in [4.78, 5) is 29.7. The van der Waals surface area contributed by atoms with Gasteiger partial charge in [-0.2, -0.15) is 0 Å². The summed E-state index contributed by atoms with van der Waals surface area (Å²) in [6.07, 6.45) is 3.02. The molecule has 1 atom stereocenters. The molecule has 2 N–H and O–H groups in total. The molecular weight excluding hydrogens is 518 g/mol. The van der Waals surface area contributed by atoms with Gasteiger partial charge in [0.1, 0.15) is 11.7 Å². The van der Waals surface area contributed by atoms with E-state index in [1.807, 2.05) is 20.8 Å². The molecular formula is C29H49N3O8. The molecule has 0 radical (unpaired) electrons. The second kappa shape index (κ2) is 17.1. The maximum absolute atomic E-state index is 13.0. The fourth-order valence-electron chi connectivity index (χ4n) is 4.60. The van der Waals surface area contributed by atoms with Gasteiger partial charge in [0.25, 0.3) is 0 Å². The SMILES string of the molecule is COc1cc(C(=O)O[C@H](CCCO)CCN2CCCN(CCCNC(=O)OC(C)(C)C)CC2)cc(OC)c1OC. The minimum absolute atomic E-state index is 0.0414. The maximum atomic E-state index is 13.0. The van der Waals surface area contributed by atoms with E-state index in [1.165, 1.54) is 21.3 Å². The Balaban J connectivity index is 1.85. The number of rotatable bonds is 15. The number of hydrogen-bond acceptors (Lipinski definition) is 10. The van der Waals surface area contributed by atoms with Gasteiger partial charge in [-0.25, -0.2) is 9.59 Å². The number of carbonyl (C=O) groups excluding carboxylic acids is 2. The number of ether oxygens (including phenoxy) is 5. The molecule has 0 spiro atoms. The first-order valence-electron chi connectivity index (χ1n) is 14.1. The van der Waals surface area contributed by atoms with E-state index in [-0.39, 0.29) is 18.8 Å². The number of esters is 1. The summed E-state index contributed by atoms with van der Waals surface area (Å²) in [5.74, 6) is 0.711. The van der Waals surface area contributed by atoms with Crippen LogP contribution in [-0.4, -0.2) is 112 Å². The normalized spacial score (nSPS) is 15.6. The predicted octanol–water partition coefficient (Wildman–Crippen LogP) is 3.32. The van der Waals surface area contributed by atoms with Gasteiger partial charge < -0.3 is 43.9 Å². The molecule has 1 saturated heterocycles.